The number of phenolic OH excluding ortho intramolecular Hbond substituents is 1. The van der Waals surface area contributed by atoms with E-state index in [9.17, 15) is 5.11 Å². The molecule has 2 N–H and O–H groups in total. The van der Waals surface area contributed by atoms with Gasteiger partial charge in [0, 0.05) is 18.8 Å². The second-order valence-corrected chi connectivity index (χ2v) is 3.30. The average molecular weight is 203 g/mol. The summed E-state index contributed by atoms with van der Waals surface area (Å²) in [6.45, 7) is 0.742. The highest BCUT2D eigenvalue weighted by molar-refractivity contribution is 5.37. The maximum Gasteiger partial charge on any atom is 0.117 e. The molecular formula is C11H13N3O. The Hall–Kier alpha value is -1.81. The van der Waals surface area contributed by atoms with Gasteiger partial charge in [-0.15, -0.1) is 0 Å². The van der Waals surface area contributed by atoms with Crippen LogP contribution in [0.15, 0.2) is 36.5 Å². The van der Waals surface area contributed by atoms with E-state index >= 15 is 0 Å². The first kappa shape index (κ1) is 9.73. The zero-order chi connectivity index (χ0) is 10.7. The molecule has 0 spiro atoms. The number of hydrogen-bond acceptors (Lipinski definition) is 3. The Morgan fingerprint density at radius 3 is 3.00 bits per heavy atom. The zero-order valence-corrected chi connectivity index (χ0v) is 8.51. The van der Waals surface area contributed by atoms with Crippen molar-refractivity contribution in [1.29, 1.82) is 0 Å². The van der Waals surface area contributed by atoms with Crippen LogP contribution in [0.4, 0.5) is 0 Å². The highest BCUT2D eigenvalue weighted by atomic mass is 16.3. The van der Waals surface area contributed by atoms with Crippen molar-refractivity contribution in [3.8, 4) is 11.4 Å². The topological polar surface area (TPSA) is 50.1 Å². The minimum absolute atomic E-state index is 0.248. The van der Waals surface area contributed by atoms with Gasteiger partial charge in [-0.05, 0) is 25.2 Å². The van der Waals surface area contributed by atoms with Gasteiger partial charge < -0.3 is 10.4 Å². The molecule has 4 nitrogen and oxygen atoms in total. The van der Waals surface area contributed by atoms with E-state index < -0.39 is 0 Å². The highest BCUT2D eigenvalue weighted by Crippen LogP contribution is 2.14. The quantitative estimate of drug-likeness (QED) is 0.790. The van der Waals surface area contributed by atoms with Gasteiger partial charge in [-0.2, -0.15) is 5.10 Å². The fraction of sp³-hybridized carbons (Fsp3) is 0.182. The Bertz CT molecular complexity index is 451. The van der Waals surface area contributed by atoms with Crippen LogP contribution in [0.3, 0.4) is 0 Å². The monoisotopic (exact) mass is 203 g/mol. The van der Waals surface area contributed by atoms with Crippen LogP contribution in [0.1, 0.15) is 5.69 Å². The van der Waals surface area contributed by atoms with Gasteiger partial charge in [-0.1, -0.05) is 6.07 Å². The SMILES string of the molecule is CNCc1ccn(-c2cccc(O)c2)n1. The van der Waals surface area contributed by atoms with E-state index in [0.29, 0.717) is 0 Å². The molecule has 0 aliphatic rings. The first-order valence-corrected chi connectivity index (χ1v) is 4.78. The van der Waals surface area contributed by atoms with Crippen LogP contribution in [0, 0.1) is 0 Å². The van der Waals surface area contributed by atoms with Gasteiger partial charge in [0.2, 0.25) is 0 Å². The van der Waals surface area contributed by atoms with Crippen molar-refractivity contribution >= 4 is 0 Å². The Balaban J connectivity index is 2.29. The van der Waals surface area contributed by atoms with E-state index in [0.717, 1.165) is 17.9 Å². The number of rotatable bonds is 3. The first-order chi connectivity index (χ1) is 7.29. The number of hydrogen-bond donors (Lipinski definition) is 2. The molecule has 0 radical (unpaired) electrons. The van der Waals surface area contributed by atoms with E-state index in [2.05, 4.69) is 10.4 Å². The molecule has 4 heteroatoms. The van der Waals surface area contributed by atoms with Crippen LogP contribution < -0.4 is 5.32 Å². The lowest BCUT2D eigenvalue weighted by molar-refractivity contribution is 0.475. The fourth-order valence-electron chi connectivity index (χ4n) is 1.42. The predicted molar refractivity (Wildman–Crippen MR) is 58.0 cm³/mol. The summed E-state index contributed by atoms with van der Waals surface area (Å²) in [5, 5.41) is 16.7. The van der Waals surface area contributed by atoms with Gasteiger partial charge in [0.05, 0.1) is 11.4 Å². The standard InChI is InChI=1S/C11H13N3O/c1-12-8-9-5-6-14(13-9)10-3-2-4-11(15)7-10/h2-7,12,15H,8H2,1H3. The smallest absolute Gasteiger partial charge is 0.117 e. The van der Waals surface area contributed by atoms with E-state index in [-0.39, 0.29) is 5.75 Å². The first-order valence-electron chi connectivity index (χ1n) is 4.78. The molecule has 2 rings (SSSR count). The summed E-state index contributed by atoms with van der Waals surface area (Å²) in [6, 6.07) is 8.96. The third kappa shape index (κ3) is 2.16. The van der Waals surface area contributed by atoms with Crippen LogP contribution in [0.5, 0.6) is 5.75 Å². The van der Waals surface area contributed by atoms with Crippen LogP contribution in [0.25, 0.3) is 5.69 Å². The van der Waals surface area contributed by atoms with Gasteiger partial charge in [-0.25, -0.2) is 4.68 Å². The van der Waals surface area contributed by atoms with Crippen molar-refractivity contribution in [2.45, 2.75) is 6.54 Å². The molecule has 0 amide bonds. The Morgan fingerprint density at radius 2 is 2.27 bits per heavy atom. The van der Waals surface area contributed by atoms with E-state index in [1.54, 1.807) is 22.9 Å². The summed E-state index contributed by atoms with van der Waals surface area (Å²) in [5.74, 6) is 0.248. The summed E-state index contributed by atoms with van der Waals surface area (Å²) in [4.78, 5) is 0. The number of benzene rings is 1. The molecule has 78 valence electrons. The number of phenols is 1. The second-order valence-electron chi connectivity index (χ2n) is 3.30. The summed E-state index contributed by atoms with van der Waals surface area (Å²) in [6.07, 6.45) is 1.88. The number of aromatic hydroxyl groups is 1. The normalized spacial score (nSPS) is 10.5. The molecule has 0 fully saturated rings. The molecule has 15 heavy (non-hydrogen) atoms. The number of aromatic nitrogens is 2. The summed E-state index contributed by atoms with van der Waals surface area (Å²) >= 11 is 0. The van der Waals surface area contributed by atoms with Gasteiger partial charge >= 0.3 is 0 Å². The van der Waals surface area contributed by atoms with Crippen LogP contribution >= 0.6 is 0 Å². The minimum atomic E-state index is 0.248. The molecule has 0 unspecified atom stereocenters. The maximum atomic E-state index is 9.33. The molecule has 1 aromatic heterocycles. The van der Waals surface area contributed by atoms with Crippen molar-refractivity contribution in [2.24, 2.45) is 0 Å². The van der Waals surface area contributed by atoms with Crippen molar-refractivity contribution < 1.29 is 5.11 Å². The number of nitrogens with zero attached hydrogens (tertiary/aromatic N) is 2. The third-order valence-corrected chi connectivity index (χ3v) is 2.10. The van der Waals surface area contributed by atoms with E-state index in [1.165, 1.54) is 0 Å². The lowest BCUT2D eigenvalue weighted by Gasteiger charge is -2.01. The van der Waals surface area contributed by atoms with Crippen LogP contribution in [0.2, 0.25) is 0 Å². The Morgan fingerprint density at radius 1 is 1.40 bits per heavy atom. The fourth-order valence-corrected chi connectivity index (χ4v) is 1.42. The third-order valence-electron chi connectivity index (χ3n) is 2.10. The summed E-state index contributed by atoms with van der Waals surface area (Å²) in [7, 11) is 1.88. The van der Waals surface area contributed by atoms with Gasteiger partial charge in [0.25, 0.3) is 0 Å². The predicted octanol–water partition coefficient (Wildman–Crippen LogP) is 1.30. The van der Waals surface area contributed by atoms with Crippen LogP contribution in [-0.2, 0) is 6.54 Å². The van der Waals surface area contributed by atoms with Crippen molar-refractivity contribution in [3.05, 3.63) is 42.2 Å². The molecular weight excluding hydrogens is 190 g/mol. The van der Waals surface area contributed by atoms with Gasteiger partial charge in [0.1, 0.15) is 5.75 Å². The summed E-state index contributed by atoms with van der Waals surface area (Å²) < 4.78 is 1.74. The van der Waals surface area contributed by atoms with Crippen molar-refractivity contribution in [2.75, 3.05) is 7.05 Å². The molecule has 2 aromatic rings. The molecule has 0 saturated carbocycles. The average Bonchev–Trinajstić information content (AvgIpc) is 2.67. The number of nitrogens with one attached hydrogen (secondary N) is 1. The Kier molecular flexibility index (Phi) is 2.69. The lowest BCUT2D eigenvalue weighted by Crippen LogP contribution is -2.06. The molecule has 0 saturated heterocycles. The van der Waals surface area contributed by atoms with E-state index in [1.807, 2.05) is 25.4 Å². The lowest BCUT2D eigenvalue weighted by atomic mass is 10.3. The highest BCUT2D eigenvalue weighted by Gasteiger charge is 2.00. The summed E-state index contributed by atoms with van der Waals surface area (Å²) in [5.41, 5.74) is 1.83. The van der Waals surface area contributed by atoms with Crippen molar-refractivity contribution in [3.63, 3.8) is 0 Å². The second kappa shape index (κ2) is 4.14. The zero-order valence-electron chi connectivity index (χ0n) is 8.51. The largest absolute Gasteiger partial charge is 0.508 e. The molecule has 1 heterocycles. The maximum absolute atomic E-state index is 9.33. The van der Waals surface area contributed by atoms with Crippen molar-refractivity contribution in [1.82, 2.24) is 15.1 Å². The molecule has 0 aliphatic heterocycles. The van der Waals surface area contributed by atoms with Gasteiger partial charge in [0.15, 0.2) is 0 Å². The molecule has 0 atom stereocenters. The Labute approximate surface area is 88.2 Å². The van der Waals surface area contributed by atoms with Gasteiger partial charge in [-0.3, -0.25) is 0 Å². The molecule has 0 bridgehead atoms. The minimum Gasteiger partial charge on any atom is -0.508 e. The molecule has 0 aliphatic carbocycles. The van der Waals surface area contributed by atoms with E-state index in [4.69, 9.17) is 0 Å². The van der Waals surface area contributed by atoms with Crippen LogP contribution in [-0.4, -0.2) is 21.9 Å². The molecule has 1 aromatic carbocycles.